The number of hydrogen-bond acceptors (Lipinski definition) is 11. The fourth-order valence-electron chi connectivity index (χ4n) is 4.75. The van der Waals surface area contributed by atoms with Crippen LogP contribution < -0.4 is 30.7 Å². The molecular weight excluding hydrogens is 550 g/mol. The van der Waals surface area contributed by atoms with E-state index < -0.39 is 0 Å². The lowest BCUT2D eigenvalue weighted by atomic mass is 9.89. The van der Waals surface area contributed by atoms with Crippen molar-refractivity contribution in [3.05, 3.63) is 54.1 Å². The van der Waals surface area contributed by atoms with Gasteiger partial charge in [-0.15, -0.1) is 0 Å². The summed E-state index contributed by atoms with van der Waals surface area (Å²) in [5.74, 6) is 3.12. The van der Waals surface area contributed by atoms with Crippen molar-refractivity contribution in [2.75, 3.05) is 76.2 Å². The normalized spacial score (nSPS) is 13.3. The van der Waals surface area contributed by atoms with E-state index in [0.717, 1.165) is 12.2 Å². The van der Waals surface area contributed by atoms with Crippen LogP contribution in [-0.4, -0.2) is 81.1 Å². The fraction of sp³-hybridized carbons (Fsp3) is 0.484. The number of anilines is 4. The largest absolute Gasteiger partial charge is 0.493 e. The summed E-state index contributed by atoms with van der Waals surface area (Å²) in [4.78, 5) is 25.8. The maximum absolute atomic E-state index is 12.0. The molecule has 0 atom stereocenters. The Morgan fingerprint density at radius 1 is 0.767 bits per heavy atom. The Kier molecular flexibility index (Phi) is 13.1. The van der Waals surface area contributed by atoms with Gasteiger partial charge in [0.2, 0.25) is 17.8 Å². The molecule has 1 amide bonds. The Labute approximate surface area is 253 Å². The summed E-state index contributed by atoms with van der Waals surface area (Å²) >= 11 is 0. The number of ether oxygens (including phenoxy) is 4. The van der Waals surface area contributed by atoms with Crippen molar-refractivity contribution < 1.29 is 23.7 Å². The highest BCUT2D eigenvalue weighted by molar-refractivity contribution is 5.94. The van der Waals surface area contributed by atoms with E-state index in [1.807, 2.05) is 36.4 Å². The number of amides is 1. The van der Waals surface area contributed by atoms with Gasteiger partial charge in [0, 0.05) is 37.0 Å². The Balaban J connectivity index is 1.21. The fourth-order valence-corrected chi connectivity index (χ4v) is 4.75. The number of rotatable bonds is 18. The van der Waals surface area contributed by atoms with Crippen LogP contribution in [0.1, 0.15) is 42.5 Å². The SMILES string of the molecule is COc1ccc(Nc2nc(NCCOCCOCCNC(=O)c3ccccc3)nc(NCC3CCCCC3)n2)cc1OC. The molecule has 1 aliphatic rings. The van der Waals surface area contributed by atoms with Gasteiger partial charge < -0.3 is 40.2 Å². The summed E-state index contributed by atoms with van der Waals surface area (Å²) in [6, 6.07) is 14.6. The van der Waals surface area contributed by atoms with Gasteiger partial charge in [0.15, 0.2) is 11.5 Å². The van der Waals surface area contributed by atoms with Crippen molar-refractivity contribution >= 4 is 29.4 Å². The lowest BCUT2D eigenvalue weighted by Gasteiger charge is -2.21. The molecule has 12 nitrogen and oxygen atoms in total. The van der Waals surface area contributed by atoms with Gasteiger partial charge in [0.05, 0.1) is 40.6 Å². The number of methoxy groups -OCH3 is 2. The van der Waals surface area contributed by atoms with Gasteiger partial charge in [-0.25, -0.2) is 0 Å². The van der Waals surface area contributed by atoms with Crippen molar-refractivity contribution in [2.45, 2.75) is 32.1 Å². The minimum absolute atomic E-state index is 0.112. The molecule has 0 bridgehead atoms. The van der Waals surface area contributed by atoms with E-state index in [2.05, 4.69) is 36.2 Å². The van der Waals surface area contributed by atoms with Crippen LogP contribution in [0.25, 0.3) is 0 Å². The third-order valence-corrected chi connectivity index (χ3v) is 7.02. The van der Waals surface area contributed by atoms with Gasteiger partial charge in [-0.1, -0.05) is 37.5 Å². The van der Waals surface area contributed by atoms with E-state index >= 15 is 0 Å². The standard InChI is InChI=1S/C31H43N7O5/c1-40-26-14-13-25(21-27(26)41-2)35-31-37-29(36-30(38-31)34-22-23-9-5-3-6-10-23)33-16-18-43-20-19-42-17-15-32-28(39)24-11-7-4-8-12-24/h4,7-8,11-14,21,23H,3,5-6,9-10,15-20,22H2,1-2H3,(H,32,39)(H3,33,34,35,36,37,38). The van der Waals surface area contributed by atoms with Crippen molar-refractivity contribution in [3.63, 3.8) is 0 Å². The monoisotopic (exact) mass is 593 g/mol. The summed E-state index contributed by atoms with van der Waals surface area (Å²) < 4.78 is 22.0. The average molecular weight is 594 g/mol. The molecule has 1 fully saturated rings. The van der Waals surface area contributed by atoms with E-state index in [-0.39, 0.29) is 5.91 Å². The average Bonchev–Trinajstić information content (AvgIpc) is 3.05. The molecule has 3 aromatic rings. The second-order valence-corrected chi connectivity index (χ2v) is 10.2. The molecule has 1 heterocycles. The van der Waals surface area contributed by atoms with Gasteiger partial charge in [-0.2, -0.15) is 15.0 Å². The molecule has 0 aliphatic heterocycles. The van der Waals surface area contributed by atoms with Crippen LogP contribution in [0.15, 0.2) is 48.5 Å². The zero-order chi connectivity index (χ0) is 30.1. The second-order valence-electron chi connectivity index (χ2n) is 10.2. The maximum atomic E-state index is 12.0. The van der Waals surface area contributed by atoms with E-state index in [0.29, 0.717) is 80.3 Å². The first-order chi connectivity index (χ1) is 21.1. The highest BCUT2D eigenvalue weighted by atomic mass is 16.5. The zero-order valence-corrected chi connectivity index (χ0v) is 25.1. The van der Waals surface area contributed by atoms with Crippen molar-refractivity contribution in [1.29, 1.82) is 0 Å². The number of carbonyl (C=O) groups excluding carboxylic acids is 1. The van der Waals surface area contributed by atoms with E-state index in [4.69, 9.17) is 18.9 Å². The maximum Gasteiger partial charge on any atom is 0.251 e. The van der Waals surface area contributed by atoms with E-state index in [1.165, 1.54) is 32.1 Å². The number of hydrogen-bond donors (Lipinski definition) is 4. The van der Waals surface area contributed by atoms with Crippen LogP contribution in [0.4, 0.5) is 23.5 Å². The molecule has 4 rings (SSSR count). The molecule has 0 radical (unpaired) electrons. The Morgan fingerprint density at radius 3 is 2.16 bits per heavy atom. The van der Waals surface area contributed by atoms with Crippen LogP contribution in [0.2, 0.25) is 0 Å². The molecular formula is C31H43N7O5. The van der Waals surface area contributed by atoms with Crippen LogP contribution in [0.3, 0.4) is 0 Å². The molecule has 2 aromatic carbocycles. The first-order valence-corrected chi connectivity index (χ1v) is 14.9. The number of carbonyl (C=O) groups is 1. The van der Waals surface area contributed by atoms with Crippen LogP contribution in [0.5, 0.6) is 11.5 Å². The van der Waals surface area contributed by atoms with Crippen molar-refractivity contribution in [3.8, 4) is 11.5 Å². The molecule has 1 saturated carbocycles. The molecule has 232 valence electrons. The third kappa shape index (κ3) is 10.9. The molecule has 0 spiro atoms. The second kappa shape index (κ2) is 17.7. The van der Waals surface area contributed by atoms with E-state index in [9.17, 15) is 4.79 Å². The minimum atomic E-state index is -0.112. The van der Waals surface area contributed by atoms with Gasteiger partial charge in [-0.05, 0) is 43.0 Å². The number of nitrogens with zero attached hydrogens (tertiary/aromatic N) is 3. The van der Waals surface area contributed by atoms with Gasteiger partial charge in [0.1, 0.15) is 0 Å². The van der Waals surface area contributed by atoms with Gasteiger partial charge in [0.25, 0.3) is 5.91 Å². The van der Waals surface area contributed by atoms with Crippen molar-refractivity contribution in [1.82, 2.24) is 20.3 Å². The molecule has 12 heteroatoms. The molecule has 1 aromatic heterocycles. The lowest BCUT2D eigenvalue weighted by molar-refractivity contribution is 0.0519. The van der Waals surface area contributed by atoms with Crippen LogP contribution in [0, 0.1) is 5.92 Å². The lowest BCUT2D eigenvalue weighted by Crippen LogP contribution is -2.27. The number of aromatic nitrogens is 3. The quantitative estimate of drug-likeness (QED) is 0.155. The summed E-state index contributed by atoms with van der Waals surface area (Å²) in [7, 11) is 3.20. The number of nitrogens with one attached hydrogen (secondary N) is 4. The van der Waals surface area contributed by atoms with Crippen LogP contribution in [-0.2, 0) is 9.47 Å². The third-order valence-electron chi connectivity index (χ3n) is 7.02. The molecule has 0 unspecified atom stereocenters. The summed E-state index contributed by atoms with van der Waals surface area (Å²) in [6.07, 6.45) is 6.32. The number of benzene rings is 2. The molecule has 1 aliphatic carbocycles. The first kappa shape index (κ1) is 31.8. The summed E-state index contributed by atoms with van der Waals surface area (Å²) in [5.41, 5.74) is 1.39. The smallest absolute Gasteiger partial charge is 0.251 e. The van der Waals surface area contributed by atoms with Crippen LogP contribution >= 0.6 is 0 Å². The summed E-state index contributed by atoms with van der Waals surface area (Å²) in [6.45, 7) is 3.51. The Hall–Kier alpha value is -4.16. The molecule has 0 saturated heterocycles. The predicted molar refractivity (Wildman–Crippen MR) is 167 cm³/mol. The predicted octanol–water partition coefficient (Wildman–Crippen LogP) is 4.50. The molecule has 43 heavy (non-hydrogen) atoms. The molecule has 4 N–H and O–H groups in total. The zero-order valence-electron chi connectivity index (χ0n) is 25.1. The van der Waals surface area contributed by atoms with Crippen molar-refractivity contribution in [2.24, 2.45) is 5.92 Å². The van der Waals surface area contributed by atoms with Gasteiger partial charge in [-0.3, -0.25) is 4.79 Å². The highest BCUT2D eigenvalue weighted by Gasteiger charge is 2.15. The highest BCUT2D eigenvalue weighted by Crippen LogP contribution is 2.31. The summed E-state index contributed by atoms with van der Waals surface area (Å²) in [5, 5.41) is 12.7. The Bertz CT molecular complexity index is 1260. The van der Waals surface area contributed by atoms with Gasteiger partial charge >= 0.3 is 0 Å². The first-order valence-electron chi connectivity index (χ1n) is 14.9. The van der Waals surface area contributed by atoms with E-state index in [1.54, 1.807) is 26.4 Å². The Morgan fingerprint density at radius 2 is 1.44 bits per heavy atom. The minimum Gasteiger partial charge on any atom is -0.493 e. The topological polar surface area (TPSA) is 141 Å².